The average molecular weight is 286 g/mol. The van der Waals surface area contributed by atoms with Crippen LogP contribution in [-0.2, 0) is 6.61 Å². The van der Waals surface area contributed by atoms with E-state index >= 15 is 0 Å². The van der Waals surface area contributed by atoms with Crippen molar-refractivity contribution in [2.75, 3.05) is 12.4 Å². The molecule has 1 N–H and O–H groups in total. The third-order valence-electron chi connectivity index (χ3n) is 3.69. The highest BCUT2D eigenvalue weighted by atomic mass is 32.2. The zero-order valence-corrected chi connectivity index (χ0v) is 12.3. The molecule has 3 rings (SSSR count). The molecule has 2 aromatic rings. The normalized spacial score (nSPS) is 17.0. The molecule has 104 valence electrons. The summed E-state index contributed by atoms with van der Waals surface area (Å²) in [6.45, 7) is 2.71. The SMILES string of the molecule is Cc1cccc(CO)c1OCC1CSc2ccccc21. The number of thioether (sulfide) groups is 1. The van der Waals surface area contributed by atoms with Gasteiger partial charge in [0.05, 0.1) is 13.2 Å². The van der Waals surface area contributed by atoms with Gasteiger partial charge in [0.2, 0.25) is 0 Å². The summed E-state index contributed by atoms with van der Waals surface area (Å²) in [5.41, 5.74) is 3.33. The van der Waals surface area contributed by atoms with E-state index in [0.29, 0.717) is 12.5 Å². The summed E-state index contributed by atoms with van der Waals surface area (Å²) in [7, 11) is 0. The summed E-state index contributed by atoms with van der Waals surface area (Å²) >= 11 is 1.90. The van der Waals surface area contributed by atoms with Gasteiger partial charge < -0.3 is 9.84 Å². The second-order valence-electron chi connectivity index (χ2n) is 5.08. The van der Waals surface area contributed by atoms with Gasteiger partial charge in [-0.2, -0.15) is 0 Å². The third kappa shape index (κ3) is 2.56. The van der Waals surface area contributed by atoms with E-state index in [4.69, 9.17) is 4.74 Å². The number of aryl methyl sites for hydroxylation is 1. The van der Waals surface area contributed by atoms with Crippen LogP contribution in [0.3, 0.4) is 0 Å². The summed E-state index contributed by atoms with van der Waals surface area (Å²) in [5.74, 6) is 2.34. The Hall–Kier alpha value is -1.45. The van der Waals surface area contributed by atoms with Crippen molar-refractivity contribution in [3.05, 3.63) is 59.2 Å². The van der Waals surface area contributed by atoms with Crippen LogP contribution in [0, 0.1) is 6.92 Å². The van der Waals surface area contributed by atoms with Gasteiger partial charge in [-0.25, -0.2) is 0 Å². The summed E-state index contributed by atoms with van der Waals surface area (Å²) in [4.78, 5) is 1.37. The number of hydrogen-bond acceptors (Lipinski definition) is 3. The van der Waals surface area contributed by atoms with E-state index in [1.165, 1.54) is 10.5 Å². The molecular weight excluding hydrogens is 268 g/mol. The molecule has 0 radical (unpaired) electrons. The molecule has 2 aromatic carbocycles. The lowest BCUT2D eigenvalue weighted by molar-refractivity contribution is 0.256. The van der Waals surface area contributed by atoms with Crippen LogP contribution in [0.2, 0.25) is 0 Å². The molecule has 1 aliphatic rings. The van der Waals surface area contributed by atoms with Crippen LogP contribution < -0.4 is 4.74 Å². The quantitative estimate of drug-likeness (QED) is 0.928. The first-order valence-corrected chi connectivity index (χ1v) is 7.82. The van der Waals surface area contributed by atoms with Crippen LogP contribution in [0.25, 0.3) is 0 Å². The maximum absolute atomic E-state index is 9.41. The molecule has 2 nitrogen and oxygen atoms in total. The predicted octanol–water partition coefficient (Wildman–Crippen LogP) is 3.76. The molecule has 0 fully saturated rings. The van der Waals surface area contributed by atoms with Crippen molar-refractivity contribution < 1.29 is 9.84 Å². The van der Waals surface area contributed by atoms with Gasteiger partial charge in [0.15, 0.2) is 0 Å². The van der Waals surface area contributed by atoms with Gasteiger partial charge in [0.25, 0.3) is 0 Å². The fourth-order valence-electron chi connectivity index (χ4n) is 2.60. The highest BCUT2D eigenvalue weighted by Gasteiger charge is 2.23. The van der Waals surface area contributed by atoms with Crippen LogP contribution in [0.5, 0.6) is 5.75 Å². The molecule has 0 aromatic heterocycles. The second-order valence-corrected chi connectivity index (χ2v) is 6.14. The highest BCUT2D eigenvalue weighted by molar-refractivity contribution is 7.99. The summed E-state index contributed by atoms with van der Waals surface area (Å²) in [5, 5.41) is 9.41. The van der Waals surface area contributed by atoms with Crippen molar-refractivity contribution in [1.82, 2.24) is 0 Å². The number of aliphatic hydroxyl groups is 1. The minimum Gasteiger partial charge on any atom is -0.492 e. The van der Waals surface area contributed by atoms with Gasteiger partial charge >= 0.3 is 0 Å². The largest absolute Gasteiger partial charge is 0.492 e. The Balaban J connectivity index is 1.75. The van der Waals surface area contributed by atoms with E-state index in [1.807, 2.05) is 36.9 Å². The number of ether oxygens (including phenoxy) is 1. The smallest absolute Gasteiger partial charge is 0.127 e. The Morgan fingerprint density at radius 1 is 1.20 bits per heavy atom. The van der Waals surface area contributed by atoms with Gasteiger partial charge in [-0.3, -0.25) is 0 Å². The van der Waals surface area contributed by atoms with E-state index < -0.39 is 0 Å². The lowest BCUT2D eigenvalue weighted by atomic mass is 10.0. The van der Waals surface area contributed by atoms with E-state index in [-0.39, 0.29) is 6.61 Å². The van der Waals surface area contributed by atoms with Crippen LogP contribution in [-0.4, -0.2) is 17.5 Å². The number of rotatable bonds is 4. The molecule has 0 aliphatic carbocycles. The zero-order valence-electron chi connectivity index (χ0n) is 11.5. The fraction of sp³-hybridized carbons (Fsp3) is 0.294. The van der Waals surface area contributed by atoms with Gasteiger partial charge in [-0.05, 0) is 24.1 Å². The first-order valence-electron chi connectivity index (χ1n) is 6.83. The average Bonchev–Trinajstić information content (AvgIpc) is 2.89. The molecule has 0 amide bonds. The Morgan fingerprint density at radius 3 is 2.90 bits per heavy atom. The van der Waals surface area contributed by atoms with Crippen LogP contribution in [0.1, 0.15) is 22.6 Å². The Kier molecular flexibility index (Phi) is 3.99. The fourth-order valence-corrected chi connectivity index (χ4v) is 3.83. The zero-order chi connectivity index (χ0) is 13.9. The molecule has 0 bridgehead atoms. The third-order valence-corrected chi connectivity index (χ3v) is 4.94. The van der Waals surface area contributed by atoms with Gasteiger partial charge in [-0.15, -0.1) is 11.8 Å². The highest BCUT2D eigenvalue weighted by Crippen LogP contribution is 2.39. The lowest BCUT2D eigenvalue weighted by Crippen LogP contribution is -2.11. The topological polar surface area (TPSA) is 29.5 Å². The first-order chi connectivity index (χ1) is 9.79. The molecular formula is C17H18O2S. The van der Waals surface area contributed by atoms with E-state index in [2.05, 4.69) is 24.3 Å². The summed E-state index contributed by atoms with van der Waals surface area (Å²) in [6.07, 6.45) is 0. The Labute approximate surface area is 123 Å². The van der Waals surface area contributed by atoms with Crippen LogP contribution in [0.4, 0.5) is 0 Å². The molecule has 0 saturated heterocycles. The molecule has 1 aliphatic heterocycles. The number of fused-ring (bicyclic) bond motifs is 1. The molecule has 20 heavy (non-hydrogen) atoms. The lowest BCUT2D eigenvalue weighted by Gasteiger charge is -2.16. The number of hydrogen-bond donors (Lipinski definition) is 1. The molecule has 0 spiro atoms. The number of aliphatic hydroxyl groups excluding tert-OH is 1. The van der Waals surface area contributed by atoms with Gasteiger partial charge in [0, 0.05) is 22.1 Å². The number of benzene rings is 2. The molecule has 3 heteroatoms. The predicted molar refractivity (Wildman–Crippen MR) is 82.5 cm³/mol. The van der Waals surface area contributed by atoms with Crippen molar-refractivity contribution in [3.8, 4) is 5.75 Å². The van der Waals surface area contributed by atoms with E-state index in [1.54, 1.807) is 0 Å². The standard InChI is InChI=1S/C17H18O2S/c1-12-5-4-6-13(9-18)17(12)19-10-14-11-20-16-8-3-2-7-15(14)16/h2-8,14,18H,9-11H2,1H3. The molecule has 0 saturated carbocycles. The summed E-state index contributed by atoms with van der Waals surface area (Å²) in [6, 6.07) is 14.4. The van der Waals surface area contributed by atoms with E-state index in [9.17, 15) is 5.11 Å². The first kappa shape index (κ1) is 13.5. The Morgan fingerprint density at radius 2 is 2.05 bits per heavy atom. The number of para-hydroxylation sites is 1. The maximum atomic E-state index is 9.41. The van der Waals surface area contributed by atoms with Crippen molar-refractivity contribution in [1.29, 1.82) is 0 Å². The van der Waals surface area contributed by atoms with Crippen molar-refractivity contribution in [2.45, 2.75) is 24.3 Å². The molecule has 1 atom stereocenters. The second kappa shape index (κ2) is 5.90. The molecule has 1 unspecified atom stereocenters. The molecule has 1 heterocycles. The van der Waals surface area contributed by atoms with Gasteiger partial charge in [-0.1, -0.05) is 36.4 Å². The minimum absolute atomic E-state index is 0.0209. The summed E-state index contributed by atoms with van der Waals surface area (Å²) < 4.78 is 6.03. The maximum Gasteiger partial charge on any atom is 0.127 e. The van der Waals surface area contributed by atoms with Crippen molar-refractivity contribution >= 4 is 11.8 Å². The monoisotopic (exact) mass is 286 g/mol. The van der Waals surface area contributed by atoms with Crippen LogP contribution in [0.15, 0.2) is 47.4 Å². The van der Waals surface area contributed by atoms with Crippen LogP contribution >= 0.6 is 11.8 Å². The van der Waals surface area contributed by atoms with Crippen molar-refractivity contribution in [2.24, 2.45) is 0 Å². The van der Waals surface area contributed by atoms with Crippen molar-refractivity contribution in [3.63, 3.8) is 0 Å². The van der Waals surface area contributed by atoms with Gasteiger partial charge in [0.1, 0.15) is 5.75 Å². The Bertz CT molecular complexity index is 610. The minimum atomic E-state index is 0.0209. The van der Waals surface area contributed by atoms with E-state index in [0.717, 1.165) is 22.6 Å².